The van der Waals surface area contributed by atoms with Crippen molar-refractivity contribution in [3.8, 4) is 5.69 Å². The molecule has 0 unspecified atom stereocenters. The van der Waals surface area contributed by atoms with Gasteiger partial charge in [-0.1, -0.05) is 18.2 Å². The molecule has 6 nitrogen and oxygen atoms in total. The van der Waals surface area contributed by atoms with Crippen LogP contribution in [0.3, 0.4) is 0 Å². The second kappa shape index (κ2) is 6.59. The number of rotatable bonds is 5. The highest BCUT2D eigenvalue weighted by atomic mass is 16.5. The molecule has 1 aliphatic rings. The fraction of sp³-hybridized carbons (Fsp3) is 0.333. The lowest BCUT2D eigenvalue weighted by molar-refractivity contribution is 0.0902. The smallest absolute Gasteiger partial charge is 0.144 e. The molecule has 24 heavy (non-hydrogen) atoms. The number of para-hydroxylation sites is 1. The second-order valence-corrected chi connectivity index (χ2v) is 6.05. The lowest BCUT2D eigenvalue weighted by Gasteiger charge is -2.21. The molecule has 2 aromatic heterocycles. The van der Waals surface area contributed by atoms with Crippen LogP contribution in [0.15, 0.2) is 55.2 Å². The van der Waals surface area contributed by atoms with Crippen molar-refractivity contribution in [3.63, 3.8) is 0 Å². The fourth-order valence-electron chi connectivity index (χ4n) is 3.18. The summed E-state index contributed by atoms with van der Waals surface area (Å²) in [7, 11) is 2.01. The predicted octanol–water partition coefficient (Wildman–Crippen LogP) is 2.23. The van der Waals surface area contributed by atoms with Gasteiger partial charge in [-0.05, 0) is 18.6 Å². The largest absolute Gasteiger partial charge is 0.369 e. The topological polar surface area (TPSA) is 56.9 Å². The Morgan fingerprint density at radius 1 is 1.29 bits per heavy atom. The molecule has 4 rings (SSSR count). The van der Waals surface area contributed by atoms with Gasteiger partial charge in [0.05, 0.1) is 12.0 Å². The minimum Gasteiger partial charge on any atom is -0.369 e. The Labute approximate surface area is 141 Å². The van der Waals surface area contributed by atoms with E-state index in [9.17, 15) is 0 Å². The molecule has 2 atom stereocenters. The molecule has 3 aromatic rings. The van der Waals surface area contributed by atoms with Gasteiger partial charge in [0.1, 0.15) is 11.9 Å². The molecule has 1 N–H and O–H groups in total. The molecule has 1 aliphatic heterocycles. The molecule has 0 saturated carbocycles. The van der Waals surface area contributed by atoms with Gasteiger partial charge in [-0.3, -0.25) is 0 Å². The van der Waals surface area contributed by atoms with Crippen LogP contribution < -0.4 is 5.32 Å². The average Bonchev–Trinajstić information content (AvgIpc) is 3.34. The van der Waals surface area contributed by atoms with E-state index >= 15 is 0 Å². The summed E-state index contributed by atoms with van der Waals surface area (Å²) in [4.78, 5) is 8.73. The van der Waals surface area contributed by atoms with Crippen LogP contribution in [0.1, 0.15) is 24.0 Å². The van der Waals surface area contributed by atoms with Gasteiger partial charge in [-0.25, -0.2) is 9.97 Å². The van der Waals surface area contributed by atoms with E-state index in [-0.39, 0.29) is 12.1 Å². The first-order valence-corrected chi connectivity index (χ1v) is 8.22. The third kappa shape index (κ3) is 2.86. The van der Waals surface area contributed by atoms with Crippen molar-refractivity contribution in [3.05, 3.63) is 66.8 Å². The highest BCUT2D eigenvalue weighted by molar-refractivity contribution is 5.33. The first kappa shape index (κ1) is 15.1. The number of hydrogen-bond acceptors (Lipinski definition) is 4. The molecule has 0 spiro atoms. The normalized spacial score (nSPS) is 20.5. The maximum absolute atomic E-state index is 6.00. The van der Waals surface area contributed by atoms with E-state index < -0.39 is 0 Å². The van der Waals surface area contributed by atoms with E-state index in [1.165, 1.54) is 0 Å². The number of nitrogens with zero attached hydrogens (tertiary/aromatic N) is 4. The zero-order valence-electron chi connectivity index (χ0n) is 13.7. The van der Waals surface area contributed by atoms with Gasteiger partial charge in [0.2, 0.25) is 0 Å². The first-order valence-electron chi connectivity index (χ1n) is 8.22. The van der Waals surface area contributed by atoms with Gasteiger partial charge in [-0.2, -0.15) is 0 Å². The quantitative estimate of drug-likeness (QED) is 0.782. The van der Waals surface area contributed by atoms with E-state index in [4.69, 9.17) is 4.74 Å². The minimum absolute atomic E-state index is 0.0477. The Bertz CT molecular complexity index is 795. The van der Waals surface area contributed by atoms with Crippen LogP contribution in [0.5, 0.6) is 0 Å². The molecule has 0 radical (unpaired) electrons. The summed E-state index contributed by atoms with van der Waals surface area (Å²) < 4.78 is 10.1. The minimum atomic E-state index is -0.0477. The number of aryl methyl sites for hydroxylation is 1. The van der Waals surface area contributed by atoms with Crippen molar-refractivity contribution in [2.24, 2.45) is 7.05 Å². The molecule has 1 aromatic carbocycles. The molecule has 0 aliphatic carbocycles. The van der Waals surface area contributed by atoms with Gasteiger partial charge in [-0.15, -0.1) is 0 Å². The fourth-order valence-corrected chi connectivity index (χ4v) is 3.18. The van der Waals surface area contributed by atoms with Gasteiger partial charge in [0, 0.05) is 50.5 Å². The van der Waals surface area contributed by atoms with Crippen molar-refractivity contribution in [2.75, 3.05) is 6.61 Å². The van der Waals surface area contributed by atoms with Crippen molar-refractivity contribution in [1.29, 1.82) is 0 Å². The SMILES string of the molecule is Cn1cncc1CN[C@H]1CCO[C@@H]1c1nccn1-c1ccccc1. The number of hydrogen-bond donors (Lipinski definition) is 1. The zero-order valence-corrected chi connectivity index (χ0v) is 13.7. The average molecular weight is 323 g/mol. The lowest BCUT2D eigenvalue weighted by Crippen LogP contribution is -2.33. The van der Waals surface area contributed by atoms with Crippen LogP contribution in [0.4, 0.5) is 0 Å². The molecular formula is C18H21N5O. The van der Waals surface area contributed by atoms with Crippen molar-refractivity contribution >= 4 is 0 Å². The second-order valence-electron chi connectivity index (χ2n) is 6.05. The molecule has 3 heterocycles. The number of aromatic nitrogens is 4. The van der Waals surface area contributed by atoms with Crippen LogP contribution >= 0.6 is 0 Å². The maximum Gasteiger partial charge on any atom is 0.144 e. The Balaban J connectivity index is 1.53. The van der Waals surface area contributed by atoms with Gasteiger partial charge in [0.25, 0.3) is 0 Å². The zero-order chi connectivity index (χ0) is 16.4. The summed E-state index contributed by atoms with van der Waals surface area (Å²) in [5.74, 6) is 0.946. The third-order valence-corrected chi connectivity index (χ3v) is 4.51. The summed E-state index contributed by atoms with van der Waals surface area (Å²) in [6, 6.07) is 10.5. The summed E-state index contributed by atoms with van der Waals surface area (Å²) in [5.41, 5.74) is 2.26. The molecule has 0 amide bonds. The highest BCUT2D eigenvalue weighted by Crippen LogP contribution is 2.29. The van der Waals surface area contributed by atoms with E-state index in [1.807, 2.05) is 54.7 Å². The van der Waals surface area contributed by atoms with E-state index in [0.717, 1.165) is 36.8 Å². The summed E-state index contributed by atoms with van der Waals surface area (Å²) in [6.07, 6.45) is 8.47. The highest BCUT2D eigenvalue weighted by Gasteiger charge is 2.32. The van der Waals surface area contributed by atoms with Gasteiger partial charge < -0.3 is 19.2 Å². The summed E-state index contributed by atoms with van der Waals surface area (Å²) in [6.45, 7) is 1.52. The van der Waals surface area contributed by atoms with E-state index in [1.54, 1.807) is 0 Å². The van der Waals surface area contributed by atoms with Crippen molar-refractivity contribution in [2.45, 2.75) is 25.1 Å². The van der Waals surface area contributed by atoms with Gasteiger partial charge >= 0.3 is 0 Å². The lowest BCUT2D eigenvalue weighted by atomic mass is 10.1. The Morgan fingerprint density at radius 3 is 2.96 bits per heavy atom. The standard InChI is InChI=1S/C18H21N5O/c1-22-13-19-11-15(22)12-21-16-7-10-24-17(16)18-20-8-9-23(18)14-5-3-2-4-6-14/h2-6,8-9,11,13,16-17,21H,7,10,12H2,1H3/t16-,17-/m0/s1. The van der Waals surface area contributed by atoms with Crippen molar-refractivity contribution < 1.29 is 4.74 Å². The predicted molar refractivity (Wildman–Crippen MR) is 90.7 cm³/mol. The van der Waals surface area contributed by atoms with E-state index in [2.05, 4.69) is 32.0 Å². The molecule has 6 heteroatoms. The molecule has 1 fully saturated rings. The maximum atomic E-state index is 6.00. The van der Waals surface area contributed by atoms with Crippen LogP contribution in [0, 0.1) is 0 Å². The number of benzene rings is 1. The first-order chi connectivity index (χ1) is 11.8. The Morgan fingerprint density at radius 2 is 2.17 bits per heavy atom. The molecule has 1 saturated heterocycles. The number of imidazole rings is 2. The summed E-state index contributed by atoms with van der Waals surface area (Å²) in [5, 5.41) is 3.60. The summed E-state index contributed by atoms with van der Waals surface area (Å²) >= 11 is 0. The van der Waals surface area contributed by atoms with Crippen LogP contribution in [0.2, 0.25) is 0 Å². The van der Waals surface area contributed by atoms with Crippen LogP contribution in [-0.2, 0) is 18.3 Å². The van der Waals surface area contributed by atoms with E-state index in [0.29, 0.717) is 0 Å². The van der Waals surface area contributed by atoms with Crippen molar-refractivity contribution in [1.82, 2.24) is 24.4 Å². The monoisotopic (exact) mass is 323 g/mol. The third-order valence-electron chi connectivity index (χ3n) is 4.51. The number of ether oxygens (including phenoxy) is 1. The Hall–Kier alpha value is -2.44. The Kier molecular flexibility index (Phi) is 4.15. The molecule has 124 valence electrons. The number of nitrogens with one attached hydrogen (secondary N) is 1. The molecule has 0 bridgehead atoms. The van der Waals surface area contributed by atoms with Crippen LogP contribution in [-0.4, -0.2) is 31.8 Å². The van der Waals surface area contributed by atoms with Crippen LogP contribution in [0.25, 0.3) is 5.69 Å². The van der Waals surface area contributed by atoms with Gasteiger partial charge in [0.15, 0.2) is 0 Å². The molecular weight excluding hydrogens is 302 g/mol.